The molecule has 3 heterocycles. The zero-order chi connectivity index (χ0) is 31.2. The lowest BCUT2D eigenvalue weighted by atomic mass is 10.1. The van der Waals surface area contributed by atoms with E-state index in [1.807, 2.05) is 36.4 Å². The molecule has 1 unspecified atom stereocenters. The Hall–Kier alpha value is -5.03. The Morgan fingerprint density at radius 3 is 2.56 bits per heavy atom. The number of aliphatic imine (C=N–C) groups is 1. The third-order valence-electron chi connectivity index (χ3n) is 7.52. The number of carbonyl (C=O) groups is 3. The Labute approximate surface area is 264 Å². The third-order valence-corrected chi connectivity index (χ3v) is 8.75. The van der Waals surface area contributed by atoms with E-state index in [0.29, 0.717) is 35.9 Å². The molecule has 3 amide bonds. The number of thioether (sulfide) groups is 1. The summed E-state index contributed by atoms with van der Waals surface area (Å²) in [5.41, 5.74) is 3.39. The average molecular weight is 624 g/mol. The quantitative estimate of drug-likeness (QED) is 0.242. The number of rotatable bonds is 8. The topological polar surface area (TPSA) is 104 Å². The average Bonchev–Trinajstić information content (AvgIpc) is 3.67. The molecule has 9 nitrogen and oxygen atoms in total. The van der Waals surface area contributed by atoms with Crippen molar-refractivity contribution < 1.29 is 23.5 Å². The molecule has 0 radical (unpaired) electrons. The summed E-state index contributed by atoms with van der Waals surface area (Å²) in [6.45, 7) is 0.850. The van der Waals surface area contributed by atoms with E-state index in [1.165, 1.54) is 28.8 Å². The lowest BCUT2D eigenvalue weighted by Crippen LogP contribution is -2.43. The van der Waals surface area contributed by atoms with Gasteiger partial charge in [0.1, 0.15) is 23.7 Å². The van der Waals surface area contributed by atoms with Gasteiger partial charge in [0, 0.05) is 24.6 Å². The van der Waals surface area contributed by atoms with E-state index in [0.717, 1.165) is 16.7 Å². The minimum atomic E-state index is -0.637. The van der Waals surface area contributed by atoms with Crippen molar-refractivity contribution in [2.45, 2.75) is 37.3 Å². The lowest BCUT2D eigenvalue weighted by molar-refractivity contribution is -0.126. The minimum absolute atomic E-state index is 0.137. The van der Waals surface area contributed by atoms with Crippen LogP contribution in [0.5, 0.6) is 0 Å². The zero-order valence-electron chi connectivity index (χ0n) is 24.2. The van der Waals surface area contributed by atoms with Gasteiger partial charge in [0.2, 0.25) is 11.8 Å². The molecule has 1 N–H and O–H groups in total. The van der Waals surface area contributed by atoms with Crippen LogP contribution in [-0.2, 0) is 27.5 Å². The second-order valence-corrected chi connectivity index (χ2v) is 11.7. The first-order valence-corrected chi connectivity index (χ1v) is 15.4. The van der Waals surface area contributed by atoms with E-state index < -0.39 is 23.2 Å². The molecule has 1 aromatic heterocycles. The van der Waals surface area contributed by atoms with Crippen LogP contribution in [0.3, 0.4) is 0 Å². The number of ether oxygens (including phenoxy) is 1. The molecule has 0 spiro atoms. The number of nitrogens with zero attached hydrogens (tertiary/aromatic N) is 4. The summed E-state index contributed by atoms with van der Waals surface area (Å²) in [6.07, 6.45) is 4.08. The van der Waals surface area contributed by atoms with Gasteiger partial charge in [-0.25, -0.2) is 14.2 Å². The molecule has 45 heavy (non-hydrogen) atoms. The van der Waals surface area contributed by atoms with Crippen molar-refractivity contribution in [1.29, 1.82) is 0 Å². The van der Waals surface area contributed by atoms with Crippen molar-refractivity contribution in [1.82, 2.24) is 14.8 Å². The van der Waals surface area contributed by atoms with Crippen LogP contribution in [0.4, 0.5) is 20.6 Å². The summed E-state index contributed by atoms with van der Waals surface area (Å²) < 4.78 is 19.3. The van der Waals surface area contributed by atoms with Gasteiger partial charge < -0.3 is 10.1 Å². The molecule has 2 saturated heterocycles. The van der Waals surface area contributed by atoms with E-state index >= 15 is 0 Å². The van der Waals surface area contributed by atoms with Crippen LogP contribution >= 0.6 is 11.8 Å². The van der Waals surface area contributed by atoms with Crippen LogP contribution in [0.15, 0.2) is 108 Å². The molecule has 2 fully saturated rings. The Kier molecular flexibility index (Phi) is 9.16. The fraction of sp³-hybridized carbons (Fsp3) is 0.206. The maximum absolute atomic E-state index is 13.9. The first-order chi connectivity index (χ1) is 21.9. The molecule has 3 aromatic carbocycles. The monoisotopic (exact) mass is 623 g/mol. The molecular formula is C34H30FN5O4S. The highest BCUT2D eigenvalue weighted by Gasteiger charge is 2.39. The second kappa shape index (κ2) is 13.7. The SMILES string of the molecule is O=C(Nc1ccc(C2S/C(=N\c3cccc(F)c3)N(Cc3cccnc3)C2=O)cc1)[C@@H]1CCCN1C(=O)OCc1ccccc1. The van der Waals surface area contributed by atoms with Gasteiger partial charge in [0.15, 0.2) is 5.17 Å². The van der Waals surface area contributed by atoms with E-state index in [9.17, 15) is 18.8 Å². The predicted octanol–water partition coefficient (Wildman–Crippen LogP) is 6.46. The summed E-state index contributed by atoms with van der Waals surface area (Å²) in [4.78, 5) is 51.4. The van der Waals surface area contributed by atoms with E-state index in [4.69, 9.17) is 4.74 Å². The van der Waals surface area contributed by atoms with Crippen molar-refractivity contribution in [3.05, 3.63) is 126 Å². The molecule has 0 aliphatic carbocycles. The smallest absolute Gasteiger partial charge is 0.410 e. The number of amidine groups is 1. The molecule has 0 bridgehead atoms. The first-order valence-electron chi connectivity index (χ1n) is 14.5. The van der Waals surface area contributed by atoms with Gasteiger partial charge in [-0.05, 0) is 65.9 Å². The van der Waals surface area contributed by atoms with Crippen LogP contribution in [0.1, 0.15) is 34.8 Å². The number of likely N-dealkylation sites (tertiary alicyclic amines) is 1. The molecule has 2 atom stereocenters. The maximum Gasteiger partial charge on any atom is 0.410 e. The van der Waals surface area contributed by atoms with Crippen molar-refractivity contribution in [3.63, 3.8) is 0 Å². The number of hydrogen-bond donors (Lipinski definition) is 1. The van der Waals surface area contributed by atoms with Crippen molar-refractivity contribution >= 4 is 46.2 Å². The van der Waals surface area contributed by atoms with Crippen LogP contribution in [0.25, 0.3) is 0 Å². The first kappa shape index (κ1) is 30.0. The third kappa shape index (κ3) is 7.21. The van der Waals surface area contributed by atoms with E-state index in [2.05, 4.69) is 15.3 Å². The summed E-state index contributed by atoms with van der Waals surface area (Å²) in [5.74, 6) is -0.870. The number of pyridine rings is 1. The fourth-order valence-electron chi connectivity index (χ4n) is 5.26. The number of amides is 3. The summed E-state index contributed by atoms with van der Waals surface area (Å²) in [6, 6.07) is 25.4. The van der Waals surface area contributed by atoms with Gasteiger partial charge in [-0.3, -0.25) is 24.4 Å². The zero-order valence-corrected chi connectivity index (χ0v) is 25.0. The van der Waals surface area contributed by atoms with Crippen LogP contribution in [-0.4, -0.2) is 50.4 Å². The number of nitrogens with one attached hydrogen (secondary N) is 1. The highest BCUT2D eigenvalue weighted by atomic mass is 32.2. The predicted molar refractivity (Wildman–Crippen MR) is 170 cm³/mol. The standard InChI is InChI=1S/C34H30FN5O4S/c35-26-10-4-11-28(19-26)38-33-40(21-24-9-5-17-36-20-24)32(42)30(45-33)25-13-15-27(16-14-25)37-31(41)29-12-6-18-39(29)34(43)44-22-23-7-2-1-3-8-23/h1-5,7-11,13-17,19-20,29-30H,6,12,18,21-22H2,(H,37,41)/b38-33-/t29-,30?/m0/s1. The molecule has 228 valence electrons. The van der Waals surface area contributed by atoms with Gasteiger partial charge in [-0.15, -0.1) is 0 Å². The number of anilines is 1. The molecule has 2 aliphatic heterocycles. The van der Waals surface area contributed by atoms with Gasteiger partial charge in [0.25, 0.3) is 0 Å². The van der Waals surface area contributed by atoms with Gasteiger partial charge in [0.05, 0.1) is 12.2 Å². The maximum atomic E-state index is 13.9. The van der Waals surface area contributed by atoms with E-state index in [1.54, 1.807) is 59.8 Å². The van der Waals surface area contributed by atoms with Crippen LogP contribution in [0.2, 0.25) is 0 Å². The number of hydrogen-bond acceptors (Lipinski definition) is 7. The molecular weight excluding hydrogens is 593 g/mol. The van der Waals surface area contributed by atoms with Gasteiger partial charge in [-0.2, -0.15) is 0 Å². The van der Waals surface area contributed by atoms with Crippen molar-refractivity contribution in [2.24, 2.45) is 4.99 Å². The lowest BCUT2D eigenvalue weighted by Gasteiger charge is -2.23. The summed E-state index contributed by atoms with van der Waals surface area (Å²) >= 11 is 1.28. The number of carbonyl (C=O) groups excluding carboxylic acids is 3. The van der Waals surface area contributed by atoms with Gasteiger partial charge in [-0.1, -0.05) is 66.4 Å². The molecule has 6 rings (SSSR count). The second-order valence-electron chi connectivity index (χ2n) is 10.7. The van der Waals surface area contributed by atoms with Crippen molar-refractivity contribution in [2.75, 3.05) is 11.9 Å². The fourth-order valence-corrected chi connectivity index (χ4v) is 6.43. The number of halogens is 1. The number of benzene rings is 3. The minimum Gasteiger partial charge on any atom is -0.445 e. The molecule has 2 aliphatic rings. The summed E-state index contributed by atoms with van der Waals surface area (Å²) in [5, 5.41) is 2.78. The number of aromatic nitrogens is 1. The van der Waals surface area contributed by atoms with Crippen molar-refractivity contribution in [3.8, 4) is 0 Å². The van der Waals surface area contributed by atoms with Crippen LogP contribution < -0.4 is 5.32 Å². The molecule has 11 heteroatoms. The Morgan fingerprint density at radius 2 is 1.80 bits per heavy atom. The van der Waals surface area contributed by atoms with Crippen LogP contribution in [0, 0.1) is 5.82 Å². The Balaban J connectivity index is 1.13. The summed E-state index contributed by atoms with van der Waals surface area (Å²) in [7, 11) is 0. The normalized spacial score (nSPS) is 18.8. The highest BCUT2D eigenvalue weighted by molar-refractivity contribution is 8.15. The largest absolute Gasteiger partial charge is 0.445 e. The molecule has 4 aromatic rings. The molecule has 0 saturated carbocycles. The highest BCUT2D eigenvalue weighted by Crippen LogP contribution is 2.41. The Morgan fingerprint density at radius 1 is 1.00 bits per heavy atom. The Bertz CT molecular complexity index is 1700. The van der Waals surface area contributed by atoms with Gasteiger partial charge >= 0.3 is 6.09 Å². The van der Waals surface area contributed by atoms with E-state index in [-0.39, 0.29) is 25.0 Å².